The fraction of sp³-hybridized carbons (Fsp3) is 0.133. The molecule has 21 heavy (non-hydrogen) atoms. The van der Waals surface area contributed by atoms with E-state index in [1.54, 1.807) is 18.2 Å². The molecule has 0 spiro atoms. The molecule has 1 aromatic heterocycles. The number of hydrogen-bond acceptors (Lipinski definition) is 4. The number of rotatable bonds is 3. The van der Waals surface area contributed by atoms with Gasteiger partial charge in [0.25, 0.3) is 0 Å². The van der Waals surface area contributed by atoms with Crippen LogP contribution in [0.1, 0.15) is 5.56 Å². The Balaban J connectivity index is 2.12. The Morgan fingerprint density at radius 2 is 2.00 bits per heavy atom. The van der Waals surface area contributed by atoms with Gasteiger partial charge in [0.15, 0.2) is 9.84 Å². The molecular formula is C15H15N3O2S. The second-order valence-corrected chi connectivity index (χ2v) is 6.96. The third-order valence-corrected chi connectivity index (χ3v) is 4.43. The van der Waals surface area contributed by atoms with Gasteiger partial charge in [-0.3, -0.25) is 0 Å². The second kappa shape index (κ2) is 4.98. The number of fused-ring (bicyclic) bond motifs is 1. The van der Waals surface area contributed by atoms with Gasteiger partial charge in [0, 0.05) is 18.4 Å². The van der Waals surface area contributed by atoms with Crippen LogP contribution in [0, 0.1) is 0 Å². The van der Waals surface area contributed by atoms with Gasteiger partial charge >= 0.3 is 0 Å². The number of aromatic nitrogens is 2. The van der Waals surface area contributed by atoms with Gasteiger partial charge in [-0.2, -0.15) is 0 Å². The number of imidazole rings is 1. The first-order valence-corrected chi connectivity index (χ1v) is 8.36. The number of nitrogens with two attached hydrogens (primary N) is 1. The summed E-state index contributed by atoms with van der Waals surface area (Å²) in [5, 5.41) is 0. The topological polar surface area (TPSA) is 88.8 Å². The lowest BCUT2D eigenvalue weighted by molar-refractivity contribution is 0.602. The number of benzene rings is 2. The third-order valence-electron chi connectivity index (χ3n) is 3.32. The smallest absolute Gasteiger partial charge is 0.175 e. The van der Waals surface area contributed by atoms with Gasteiger partial charge in [0.05, 0.1) is 15.9 Å². The molecule has 0 aliphatic rings. The maximum Gasteiger partial charge on any atom is 0.175 e. The highest BCUT2D eigenvalue weighted by molar-refractivity contribution is 7.90. The summed E-state index contributed by atoms with van der Waals surface area (Å²) in [6.45, 7) is 0.466. The number of nitrogens with one attached hydrogen (secondary N) is 1. The zero-order chi connectivity index (χ0) is 15.0. The molecule has 0 aliphatic carbocycles. The molecule has 6 heteroatoms. The average Bonchev–Trinajstić information content (AvgIpc) is 2.89. The van der Waals surface area contributed by atoms with Crippen molar-refractivity contribution in [3.05, 3.63) is 48.0 Å². The van der Waals surface area contributed by atoms with Gasteiger partial charge in [0.1, 0.15) is 5.82 Å². The largest absolute Gasteiger partial charge is 0.338 e. The Kier molecular flexibility index (Phi) is 3.27. The van der Waals surface area contributed by atoms with Crippen molar-refractivity contribution in [1.82, 2.24) is 9.97 Å². The van der Waals surface area contributed by atoms with Crippen LogP contribution in [0.4, 0.5) is 0 Å². The van der Waals surface area contributed by atoms with E-state index in [4.69, 9.17) is 5.73 Å². The molecule has 3 N–H and O–H groups in total. The standard InChI is InChI=1S/C15H15N3O2S/c1-21(19,20)12-4-2-3-11(8-12)15-17-13-6-5-10(9-16)7-14(13)18-15/h2-8H,9,16H2,1H3,(H,17,18). The van der Waals surface area contributed by atoms with E-state index in [1.807, 2.05) is 24.3 Å². The Bertz CT molecular complexity index is 914. The minimum absolute atomic E-state index is 0.281. The fourth-order valence-electron chi connectivity index (χ4n) is 2.19. The Hall–Kier alpha value is -2.18. The lowest BCUT2D eigenvalue weighted by Crippen LogP contribution is -1.97. The zero-order valence-corrected chi connectivity index (χ0v) is 12.3. The van der Waals surface area contributed by atoms with Crippen molar-refractivity contribution in [3.8, 4) is 11.4 Å². The number of nitrogens with zero attached hydrogens (tertiary/aromatic N) is 1. The van der Waals surface area contributed by atoms with Gasteiger partial charge in [-0.1, -0.05) is 18.2 Å². The van der Waals surface area contributed by atoms with Crippen LogP contribution >= 0.6 is 0 Å². The van der Waals surface area contributed by atoms with Crippen molar-refractivity contribution in [3.63, 3.8) is 0 Å². The highest BCUT2D eigenvalue weighted by atomic mass is 32.2. The van der Waals surface area contributed by atoms with Crippen LogP contribution in [-0.2, 0) is 16.4 Å². The van der Waals surface area contributed by atoms with Crippen molar-refractivity contribution < 1.29 is 8.42 Å². The molecule has 5 nitrogen and oxygen atoms in total. The molecule has 0 amide bonds. The summed E-state index contributed by atoms with van der Waals surface area (Å²) < 4.78 is 23.3. The van der Waals surface area contributed by atoms with Gasteiger partial charge in [-0.05, 0) is 29.8 Å². The summed E-state index contributed by atoms with van der Waals surface area (Å²) in [5.41, 5.74) is 9.09. The highest BCUT2D eigenvalue weighted by Gasteiger charge is 2.11. The minimum Gasteiger partial charge on any atom is -0.338 e. The van der Waals surface area contributed by atoms with Crippen molar-refractivity contribution in [2.75, 3.05) is 6.26 Å². The molecule has 0 radical (unpaired) electrons. The summed E-state index contributed by atoms with van der Waals surface area (Å²) in [4.78, 5) is 7.97. The van der Waals surface area contributed by atoms with Crippen LogP contribution in [0.25, 0.3) is 22.4 Å². The minimum atomic E-state index is -3.23. The van der Waals surface area contributed by atoms with Gasteiger partial charge in [-0.25, -0.2) is 13.4 Å². The summed E-state index contributed by atoms with van der Waals surface area (Å²) in [6.07, 6.45) is 1.19. The van der Waals surface area contributed by atoms with Crippen LogP contribution in [-0.4, -0.2) is 24.6 Å². The summed E-state index contributed by atoms with van der Waals surface area (Å²) in [7, 11) is -3.23. The zero-order valence-electron chi connectivity index (χ0n) is 11.5. The highest BCUT2D eigenvalue weighted by Crippen LogP contribution is 2.23. The molecular weight excluding hydrogens is 286 g/mol. The van der Waals surface area contributed by atoms with Crippen LogP contribution < -0.4 is 5.73 Å². The summed E-state index contributed by atoms with van der Waals surface area (Å²) >= 11 is 0. The van der Waals surface area contributed by atoms with Crippen molar-refractivity contribution in [1.29, 1.82) is 0 Å². The van der Waals surface area contributed by atoms with Crippen LogP contribution in [0.3, 0.4) is 0 Å². The first kappa shape index (κ1) is 13.8. The number of hydrogen-bond donors (Lipinski definition) is 2. The van der Waals surface area contributed by atoms with E-state index in [0.29, 0.717) is 12.4 Å². The molecule has 108 valence electrons. The average molecular weight is 301 g/mol. The lowest BCUT2D eigenvalue weighted by atomic mass is 10.2. The molecule has 0 atom stereocenters. The molecule has 0 aliphatic heterocycles. The van der Waals surface area contributed by atoms with Crippen LogP contribution in [0.15, 0.2) is 47.4 Å². The summed E-state index contributed by atoms with van der Waals surface area (Å²) in [5.74, 6) is 0.643. The van der Waals surface area contributed by atoms with Crippen molar-refractivity contribution in [2.24, 2.45) is 5.73 Å². The van der Waals surface area contributed by atoms with E-state index >= 15 is 0 Å². The number of H-pyrrole nitrogens is 1. The van der Waals surface area contributed by atoms with E-state index in [9.17, 15) is 8.42 Å². The Labute approximate surface area is 122 Å². The predicted octanol–water partition coefficient (Wildman–Crippen LogP) is 2.09. The predicted molar refractivity (Wildman–Crippen MR) is 82.5 cm³/mol. The number of aromatic amines is 1. The Morgan fingerprint density at radius 1 is 1.19 bits per heavy atom. The van der Waals surface area contributed by atoms with E-state index < -0.39 is 9.84 Å². The molecule has 1 heterocycles. The molecule has 0 fully saturated rings. The third kappa shape index (κ3) is 2.68. The van der Waals surface area contributed by atoms with E-state index in [1.165, 1.54) is 6.26 Å². The van der Waals surface area contributed by atoms with Gasteiger partial charge < -0.3 is 10.7 Å². The van der Waals surface area contributed by atoms with Gasteiger partial charge in [-0.15, -0.1) is 0 Å². The maximum atomic E-state index is 11.6. The molecule has 3 aromatic rings. The lowest BCUT2D eigenvalue weighted by Gasteiger charge is -2.00. The molecule has 0 saturated carbocycles. The normalized spacial score (nSPS) is 11.9. The first-order valence-electron chi connectivity index (χ1n) is 6.46. The monoisotopic (exact) mass is 301 g/mol. The molecule has 0 bridgehead atoms. The molecule has 0 saturated heterocycles. The summed E-state index contributed by atoms with van der Waals surface area (Å²) in [6, 6.07) is 12.5. The van der Waals surface area contributed by atoms with Crippen LogP contribution in [0.5, 0.6) is 0 Å². The fourth-order valence-corrected chi connectivity index (χ4v) is 2.86. The molecule has 0 unspecified atom stereocenters. The van der Waals surface area contributed by atoms with Crippen LogP contribution in [0.2, 0.25) is 0 Å². The van der Waals surface area contributed by atoms with Crippen molar-refractivity contribution >= 4 is 20.9 Å². The van der Waals surface area contributed by atoms with E-state index in [2.05, 4.69) is 9.97 Å². The van der Waals surface area contributed by atoms with Gasteiger partial charge in [0.2, 0.25) is 0 Å². The van der Waals surface area contributed by atoms with E-state index in [0.717, 1.165) is 22.2 Å². The molecule has 2 aromatic carbocycles. The first-order chi connectivity index (χ1) is 9.97. The molecule has 3 rings (SSSR count). The maximum absolute atomic E-state index is 11.6. The second-order valence-electron chi connectivity index (χ2n) is 4.94. The van der Waals surface area contributed by atoms with Crippen molar-refractivity contribution in [2.45, 2.75) is 11.4 Å². The Morgan fingerprint density at radius 3 is 2.71 bits per heavy atom. The number of sulfone groups is 1. The quantitative estimate of drug-likeness (QED) is 0.775. The SMILES string of the molecule is CS(=O)(=O)c1cccc(-c2nc3ccc(CN)cc3[nH]2)c1. The van der Waals surface area contributed by atoms with E-state index in [-0.39, 0.29) is 4.90 Å².